The number of amides is 1. The van der Waals surface area contributed by atoms with Gasteiger partial charge in [0.15, 0.2) is 0 Å². The molecular weight excluding hydrogens is 538 g/mol. The quantitative estimate of drug-likeness (QED) is 0.393. The lowest BCUT2D eigenvalue weighted by Gasteiger charge is -2.25. The van der Waals surface area contributed by atoms with Gasteiger partial charge in [0, 0.05) is 43.4 Å². The number of ether oxygens (including phenoxy) is 1. The third-order valence-electron chi connectivity index (χ3n) is 7.45. The van der Waals surface area contributed by atoms with Crippen molar-refractivity contribution in [1.82, 2.24) is 19.8 Å². The average molecular weight is 570 g/mol. The van der Waals surface area contributed by atoms with E-state index in [1.165, 1.54) is 17.7 Å². The molecule has 1 saturated heterocycles. The van der Waals surface area contributed by atoms with Crippen LogP contribution in [-0.4, -0.2) is 66.4 Å². The third kappa shape index (κ3) is 5.79. The van der Waals surface area contributed by atoms with Crippen LogP contribution in [0.5, 0.6) is 5.88 Å². The van der Waals surface area contributed by atoms with Crippen molar-refractivity contribution in [3.05, 3.63) is 101 Å². The molecule has 6 bridgehead atoms. The number of carbonyl (C=O) groups is 1. The number of nitrogens with one attached hydrogen (secondary N) is 1. The minimum Gasteiger partial charge on any atom is -0.471 e. The van der Waals surface area contributed by atoms with Gasteiger partial charge in [-0.15, -0.1) is 0 Å². The van der Waals surface area contributed by atoms with E-state index in [9.17, 15) is 13.2 Å². The predicted octanol–water partition coefficient (Wildman–Crippen LogP) is 4.28. The van der Waals surface area contributed by atoms with E-state index in [4.69, 9.17) is 4.74 Å². The molecule has 1 N–H and O–H groups in total. The first kappa shape index (κ1) is 26.9. The normalized spacial score (nSPS) is 18.6. The fourth-order valence-corrected chi connectivity index (χ4v) is 6.48. The second-order valence-electron chi connectivity index (χ2n) is 10.5. The van der Waals surface area contributed by atoms with Gasteiger partial charge < -0.3 is 9.64 Å². The SMILES string of the molecule is Cc1cccc(C)c1-c1cc2nc(n1)NS(=O)(=O)c1cccc(c1)C(=O)N1CCN(Cc3ccccc3)C[C@@H](C1)O2. The van der Waals surface area contributed by atoms with Crippen molar-refractivity contribution in [3.63, 3.8) is 0 Å². The molecule has 10 heteroatoms. The van der Waals surface area contributed by atoms with Gasteiger partial charge in [-0.05, 0) is 48.7 Å². The van der Waals surface area contributed by atoms with Crippen molar-refractivity contribution in [2.75, 3.05) is 30.9 Å². The minimum absolute atomic E-state index is 0.0387. The highest BCUT2D eigenvalue weighted by molar-refractivity contribution is 7.92. The molecule has 0 radical (unpaired) electrons. The van der Waals surface area contributed by atoms with Gasteiger partial charge in [-0.25, -0.2) is 18.1 Å². The maximum absolute atomic E-state index is 13.7. The van der Waals surface area contributed by atoms with Crippen LogP contribution in [0.2, 0.25) is 0 Å². The van der Waals surface area contributed by atoms with Crippen molar-refractivity contribution in [2.24, 2.45) is 0 Å². The molecule has 0 aliphatic carbocycles. The molecule has 3 heterocycles. The zero-order chi connectivity index (χ0) is 28.6. The molecule has 1 atom stereocenters. The largest absolute Gasteiger partial charge is 0.471 e. The first-order chi connectivity index (χ1) is 19.7. The maximum Gasteiger partial charge on any atom is 0.264 e. The second-order valence-corrected chi connectivity index (χ2v) is 12.2. The van der Waals surface area contributed by atoms with E-state index in [1.807, 2.05) is 50.2 Å². The van der Waals surface area contributed by atoms with Gasteiger partial charge in [0.1, 0.15) is 6.10 Å². The van der Waals surface area contributed by atoms with Crippen LogP contribution in [0.15, 0.2) is 83.8 Å². The molecule has 4 aromatic rings. The molecule has 0 saturated carbocycles. The van der Waals surface area contributed by atoms with Gasteiger partial charge in [-0.3, -0.25) is 9.69 Å². The highest BCUT2D eigenvalue weighted by atomic mass is 32.2. The molecule has 41 heavy (non-hydrogen) atoms. The van der Waals surface area contributed by atoms with Crippen molar-refractivity contribution in [1.29, 1.82) is 0 Å². The zero-order valence-corrected chi connectivity index (χ0v) is 23.8. The van der Waals surface area contributed by atoms with E-state index < -0.39 is 16.1 Å². The second kappa shape index (κ2) is 10.9. The Hall–Kier alpha value is -4.28. The van der Waals surface area contributed by atoms with E-state index in [2.05, 4.69) is 31.7 Å². The molecular formula is C31H31N5O4S. The summed E-state index contributed by atoms with van der Waals surface area (Å²) >= 11 is 0. The number of aromatic nitrogens is 2. The number of sulfonamides is 1. The molecule has 9 nitrogen and oxygen atoms in total. The van der Waals surface area contributed by atoms with Crippen molar-refractivity contribution < 1.29 is 17.9 Å². The molecule has 2 aliphatic rings. The number of carbonyl (C=O) groups excluding carboxylic acids is 1. The van der Waals surface area contributed by atoms with Gasteiger partial charge in [0.2, 0.25) is 11.8 Å². The smallest absolute Gasteiger partial charge is 0.264 e. The van der Waals surface area contributed by atoms with Crippen LogP contribution in [0, 0.1) is 13.8 Å². The number of aryl methyl sites for hydroxylation is 2. The van der Waals surface area contributed by atoms with Gasteiger partial charge in [0.05, 0.1) is 17.1 Å². The summed E-state index contributed by atoms with van der Waals surface area (Å²) in [6.45, 7) is 6.68. The Morgan fingerprint density at radius 3 is 2.44 bits per heavy atom. The van der Waals surface area contributed by atoms with E-state index >= 15 is 0 Å². The number of benzene rings is 3. The van der Waals surface area contributed by atoms with Crippen molar-refractivity contribution in [2.45, 2.75) is 31.4 Å². The molecule has 6 rings (SSSR count). The Balaban J connectivity index is 1.46. The van der Waals surface area contributed by atoms with Crippen molar-refractivity contribution in [3.8, 4) is 17.1 Å². The summed E-state index contributed by atoms with van der Waals surface area (Å²) in [7, 11) is -4.08. The van der Waals surface area contributed by atoms with E-state index in [0.717, 1.165) is 16.7 Å². The topological polar surface area (TPSA) is 105 Å². The van der Waals surface area contributed by atoms with Crippen LogP contribution >= 0.6 is 0 Å². The van der Waals surface area contributed by atoms with Crippen LogP contribution in [-0.2, 0) is 16.6 Å². The molecule has 1 aromatic heterocycles. The summed E-state index contributed by atoms with van der Waals surface area (Å²) in [6, 6.07) is 23.9. The lowest BCUT2D eigenvalue weighted by Crippen LogP contribution is -2.40. The number of hydrogen-bond acceptors (Lipinski definition) is 7. The summed E-state index contributed by atoms with van der Waals surface area (Å²) < 4.78 is 35.8. The highest BCUT2D eigenvalue weighted by Gasteiger charge is 2.30. The van der Waals surface area contributed by atoms with Crippen LogP contribution in [0.25, 0.3) is 11.3 Å². The number of hydrogen-bond donors (Lipinski definition) is 1. The predicted molar refractivity (Wildman–Crippen MR) is 156 cm³/mol. The summed E-state index contributed by atoms with van der Waals surface area (Å²) in [4.78, 5) is 26.7. The maximum atomic E-state index is 13.7. The Morgan fingerprint density at radius 1 is 0.902 bits per heavy atom. The third-order valence-corrected chi connectivity index (χ3v) is 8.78. The van der Waals surface area contributed by atoms with Gasteiger partial charge in [-0.1, -0.05) is 54.6 Å². The van der Waals surface area contributed by atoms with Gasteiger partial charge >= 0.3 is 0 Å². The van der Waals surface area contributed by atoms with Crippen LogP contribution < -0.4 is 9.46 Å². The molecule has 0 unspecified atom stereocenters. The fraction of sp³-hybridized carbons (Fsp3) is 0.258. The Bertz CT molecular complexity index is 1690. The molecule has 0 spiro atoms. The first-order valence-corrected chi connectivity index (χ1v) is 15.0. The molecule has 3 aromatic carbocycles. The molecule has 210 valence electrons. The average Bonchev–Trinajstić information content (AvgIpc) is 3.14. The Kier molecular flexibility index (Phi) is 7.19. The lowest BCUT2D eigenvalue weighted by atomic mass is 10.00. The zero-order valence-electron chi connectivity index (χ0n) is 22.9. The van der Waals surface area contributed by atoms with Crippen molar-refractivity contribution >= 4 is 21.9 Å². The standard InChI is InChI=1S/C31H31N5O4S/c1-21-8-6-9-22(2)29(21)27-17-28-33-31(32-27)34-41(38,39)26-13-7-12-24(16-26)30(37)36-15-14-35(19-25(20-36)40-28)18-23-10-4-3-5-11-23/h3-13,16-17,25H,14-15,18-20H2,1-2H3,(H,32,33,34)/t25-/m0/s1. The molecule has 1 amide bonds. The molecule has 1 fully saturated rings. The lowest BCUT2D eigenvalue weighted by molar-refractivity contribution is 0.0690. The number of nitrogens with zero attached hydrogens (tertiary/aromatic N) is 4. The van der Waals surface area contributed by atoms with E-state index in [-0.39, 0.29) is 22.6 Å². The Morgan fingerprint density at radius 2 is 1.66 bits per heavy atom. The van der Waals surface area contributed by atoms with Crippen LogP contribution in [0.3, 0.4) is 0 Å². The van der Waals surface area contributed by atoms with E-state index in [0.29, 0.717) is 44.0 Å². The van der Waals surface area contributed by atoms with Gasteiger partial charge in [0.25, 0.3) is 15.9 Å². The highest BCUT2D eigenvalue weighted by Crippen LogP contribution is 2.30. The minimum atomic E-state index is -4.08. The van der Waals surface area contributed by atoms with Gasteiger partial charge in [-0.2, -0.15) is 4.98 Å². The van der Waals surface area contributed by atoms with Crippen LogP contribution in [0.4, 0.5) is 5.95 Å². The number of rotatable bonds is 3. The number of anilines is 1. The first-order valence-electron chi connectivity index (χ1n) is 13.6. The summed E-state index contributed by atoms with van der Waals surface area (Å²) in [5.41, 5.74) is 4.89. The van der Waals surface area contributed by atoms with Crippen LogP contribution in [0.1, 0.15) is 27.0 Å². The summed E-state index contributed by atoms with van der Waals surface area (Å²) in [5, 5.41) is 0. The monoisotopic (exact) mass is 569 g/mol. The summed E-state index contributed by atoms with van der Waals surface area (Å²) in [6.07, 6.45) is -0.417. The molecule has 2 aliphatic heterocycles. The Labute approximate surface area is 239 Å². The fourth-order valence-electron chi connectivity index (χ4n) is 5.49. The summed E-state index contributed by atoms with van der Waals surface area (Å²) in [5.74, 6) is -0.103. The van der Waals surface area contributed by atoms with E-state index in [1.54, 1.807) is 23.1 Å². The number of fused-ring (bicyclic) bond motifs is 6.